The molecule has 0 radical (unpaired) electrons. The van der Waals surface area contributed by atoms with Crippen molar-refractivity contribution < 1.29 is 0 Å². The first-order chi connectivity index (χ1) is 10.4. The lowest BCUT2D eigenvalue weighted by Gasteiger charge is -2.17. The summed E-state index contributed by atoms with van der Waals surface area (Å²) in [5.41, 5.74) is 1.41. The molecular weight excluding hydrogens is 294 g/mol. The molecule has 3 rings (SSSR count). The van der Waals surface area contributed by atoms with Gasteiger partial charge in [-0.15, -0.1) is 23.1 Å². The minimum atomic E-state index is 0.490. The van der Waals surface area contributed by atoms with Crippen LogP contribution in [0.3, 0.4) is 0 Å². The van der Waals surface area contributed by atoms with E-state index < -0.39 is 0 Å². The zero-order valence-electron chi connectivity index (χ0n) is 12.1. The summed E-state index contributed by atoms with van der Waals surface area (Å²) in [6, 6.07) is 19.7. The molecule has 0 saturated heterocycles. The number of thioether (sulfide) groups is 1. The van der Waals surface area contributed by atoms with Crippen molar-refractivity contribution in [1.82, 2.24) is 5.32 Å². The van der Waals surface area contributed by atoms with Crippen LogP contribution in [-0.4, -0.2) is 13.6 Å². The van der Waals surface area contributed by atoms with Crippen LogP contribution in [0.15, 0.2) is 64.9 Å². The lowest BCUT2D eigenvalue weighted by Crippen LogP contribution is -2.10. The summed E-state index contributed by atoms with van der Waals surface area (Å²) in [6.07, 6.45) is 1.13. The van der Waals surface area contributed by atoms with E-state index in [1.54, 1.807) is 0 Å². The van der Waals surface area contributed by atoms with E-state index >= 15 is 0 Å². The maximum atomic E-state index is 3.27. The van der Waals surface area contributed by atoms with Crippen LogP contribution in [-0.2, 0) is 0 Å². The van der Waals surface area contributed by atoms with Crippen molar-refractivity contribution in [2.45, 2.75) is 16.6 Å². The third kappa shape index (κ3) is 3.49. The van der Waals surface area contributed by atoms with Gasteiger partial charge in [-0.1, -0.05) is 36.4 Å². The molecule has 0 amide bonds. The molecule has 0 saturated carbocycles. The number of thiophene rings is 1. The first-order valence-corrected chi connectivity index (χ1v) is 8.97. The molecule has 1 aromatic heterocycles. The van der Waals surface area contributed by atoms with E-state index in [2.05, 4.69) is 65.3 Å². The van der Waals surface area contributed by atoms with Gasteiger partial charge in [-0.25, -0.2) is 0 Å². The van der Waals surface area contributed by atoms with Crippen molar-refractivity contribution >= 4 is 33.2 Å². The molecule has 1 heterocycles. The average molecular weight is 313 g/mol. The smallest absolute Gasteiger partial charge is 0.0356 e. The summed E-state index contributed by atoms with van der Waals surface area (Å²) in [7, 11) is 2.02. The maximum absolute atomic E-state index is 3.27. The highest BCUT2D eigenvalue weighted by molar-refractivity contribution is 7.99. The third-order valence-electron chi connectivity index (χ3n) is 3.55. The Morgan fingerprint density at radius 1 is 1.05 bits per heavy atom. The number of hydrogen-bond donors (Lipinski definition) is 1. The number of rotatable bonds is 6. The van der Waals surface area contributed by atoms with Crippen molar-refractivity contribution in [2.24, 2.45) is 0 Å². The number of benzene rings is 2. The minimum Gasteiger partial charge on any atom is -0.320 e. The zero-order chi connectivity index (χ0) is 14.5. The van der Waals surface area contributed by atoms with Gasteiger partial charge >= 0.3 is 0 Å². The van der Waals surface area contributed by atoms with E-state index in [4.69, 9.17) is 0 Å². The van der Waals surface area contributed by atoms with Crippen molar-refractivity contribution in [3.05, 3.63) is 65.5 Å². The molecule has 1 unspecified atom stereocenters. The molecule has 0 aliphatic rings. The molecule has 0 spiro atoms. The van der Waals surface area contributed by atoms with Crippen molar-refractivity contribution in [1.29, 1.82) is 0 Å². The van der Waals surface area contributed by atoms with Crippen LogP contribution in [0.5, 0.6) is 0 Å². The van der Waals surface area contributed by atoms with Crippen LogP contribution in [0.25, 0.3) is 10.1 Å². The quantitative estimate of drug-likeness (QED) is 0.616. The Hall–Kier alpha value is -1.29. The van der Waals surface area contributed by atoms with Crippen LogP contribution in [0.1, 0.15) is 17.2 Å². The lowest BCUT2D eigenvalue weighted by molar-refractivity contribution is 0.715. The van der Waals surface area contributed by atoms with Crippen molar-refractivity contribution in [3.63, 3.8) is 0 Å². The molecule has 0 aliphatic heterocycles. The molecular formula is C18H19NS2. The summed E-state index contributed by atoms with van der Waals surface area (Å²) in [6.45, 7) is 1.03. The molecule has 3 heteroatoms. The monoisotopic (exact) mass is 313 g/mol. The van der Waals surface area contributed by atoms with Crippen LogP contribution in [0.4, 0.5) is 0 Å². The number of hydrogen-bond acceptors (Lipinski definition) is 3. The Morgan fingerprint density at radius 3 is 2.71 bits per heavy atom. The van der Waals surface area contributed by atoms with E-state index in [-0.39, 0.29) is 0 Å². The normalized spacial score (nSPS) is 12.6. The van der Waals surface area contributed by atoms with E-state index in [0.29, 0.717) is 5.25 Å². The molecule has 108 valence electrons. The second kappa shape index (κ2) is 7.12. The highest BCUT2D eigenvalue weighted by atomic mass is 32.2. The van der Waals surface area contributed by atoms with Gasteiger partial charge in [-0.05, 0) is 49.2 Å². The van der Waals surface area contributed by atoms with E-state index in [1.807, 2.05) is 30.1 Å². The molecule has 1 nitrogen and oxygen atoms in total. The van der Waals surface area contributed by atoms with Crippen molar-refractivity contribution in [3.8, 4) is 0 Å². The first-order valence-electron chi connectivity index (χ1n) is 7.21. The maximum Gasteiger partial charge on any atom is 0.0356 e. The SMILES string of the molecule is CNCCC(Sc1cccc2sccc12)c1ccccc1. The van der Waals surface area contributed by atoms with Gasteiger partial charge < -0.3 is 5.32 Å². The molecule has 21 heavy (non-hydrogen) atoms. The molecule has 0 fully saturated rings. The summed E-state index contributed by atoms with van der Waals surface area (Å²) < 4.78 is 1.38. The summed E-state index contributed by atoms with van der Waals surface area (Å²) in [5, 5.41) is 7.33. The highest BCUT2D eigenvalue weighted by Gasteiger charge is 2.14. The Balaban J connectivity index is 1.89. The number of nitrogens with one attached hydrogen (secondary N) is 1. The summed E-state index contributed by atoms with van der Waals surface area (Å²) in [5.74, 6) is 0. The molecule has 0 bridgehead atoms. The van der Waals surface area contributed by atoms with Gasteiger partial charge in [0.15, 0.2) is 0 Å². The second-order valence-electron chi connectivity index (χ2n) is 5.00. The van der Waals surface area contributed by atoms with Gasteiger partial charge in [0.2, 0.25) is 0 Å². The second-order valence-corrected chi connectivity index (χ2v) is 7.19. The van der Waals surface area contributed by atoms with Crippen LogP contribution in [0.2, 0.25) is 0 Å². The number of fused-ring (bicyclic) bond motifs is 1. The molecule has 2 aromatic carbocycles. The van der Waals surface area contributed by atoms with Gasteiger partial charge in [0, 0.05) is 20.2 Å². The lowest BCUT2D eigenvalue weighted by atomic mass is 10.1. The topological polar surface area (TPSA) is 12.0 Å². The Labute approximate surface area is 134 Å². The fourth-order valence-electron chi connectivity index (χ4n) is 2.46. The standard InChI is InChI=1S/C18H19NS2/c1-19-12-10-16(14-6-3-2-4-7-14)21-18-9-5-8-17-15(18)11-13-20-17/h2-9,11,13,16,19H,10,12H2,1H3. The van der Waals surface area contributed by atoms with Gasteiger partial charge in [0.25, 0.3) is 0 Å². The summed E-state index contributed by atoms with van der Waals surface area (Å²) >= 11 is 3.80. The van der Waals surface area contributed by atoms with Gasteiger partial charge in [-0.3, -0.25) is 0 Å². The van der Waals surface area contributed by atoms with Crippen molar-refractivity contribution in [2.75, 3.05) is 13.6 Å². The molecule has 1 atom stereocenters. The van der Waals surface area contributed by atoms with Gasteiger partial charge in [0.05, 0.1) is 0 Å². The Kier molecular flexibility index (Phi) is 4.96. The van der Waals surface area contributed by atoms with Gasteiger partial charge in [0.1, 0.15) is 0 Å². The predicted octanol–water partition coefficient (Wildman–Crippen LogP) is 5.34. The third-order valence-corrected chi connectivity index (χ3v) is 5.84. The summed E-state index contributed by atoms with van der Waals surface area (Å²) in [4.78, 5) is 1.39. The average Bonchev–Trinajstić information content (AvgIpc) is 3.01. The van der Waals surface area contributed by atoms with E-state index in [1.165, 1.54) is 20.5 Å². The first kappa shape index (κ1) is 14.6. The molecule has 0 aliphatic carbocycles. The largest absolute Gasteiger partial charge is 0.320 e. The van der Waals surface area contributed by atoms with Crippen LogP contribution >= 0.6 is 23.1 Å². The Morgan fingerprint density at radius 2 is 1.90 bits per heavy atom. The van der Waals surface area contributed by atoms with E-state index in [9.17, 15) is 0 Å². The highest BCUT2D eigenvalue weighted by Crippen LogP contribution is 2.41. The predicted molar refractivity (Wildman–Crippen MR) is 95.4 cm³/mol. The van der Waals surface area contributed by atoms with Gasteiger partial charge in [-0.2, -0.15) is 0 Å². The minimum absolute atomic E-state index is 0.490. The van der Waals surface area contributed by atoms with Crippen LogP contribution in [0, 0.1) is 0 Å². The Bertz CT molecular complexity index is 691. The van der Waals surface area contributed by atoms with E-state index in [0.717, 1.165) is 13.0 Å². The fraction of sp³-hybridized carbons (Fsp3) is 0.222. The van der Waals surface area contributed by atoms with Crippen LogP contribution < -0.4 is 5.32 Å². The molecule has 1 N–H and O–H groups in total. The fourth-order valence-corrected chi connectivity index (χ4v) is 4.63. The molecule has 3 aromatic rings. The zero-order valence-corrected chi connectivity index (χ0v) is 13.7.